The molecule has 1 aromatic carbocycles. The zero-order valence-electron chi connectivity index (χ0n) is 7.15. The summed E-state index contributed by atoms with van der Waals surface area (Å²) in [6.45, 7) is 1.71. The highest BCUT2D eigenvalue weighted by atomic mass is 79.9. The zero-order chi connectivity index (χ0) is 10.9. The first-order valence-electron chi connectivity index (χ1n) is 3.61. The summed E-state index contributed by atoms with van der Waals surface area (Å²) in [7, 11) is 0. The summed E-state index contributed by atoms with van der Waals surface area (Å²) < 4.78 is 36.7. The topological polar surface area (TPSA) is 26.0 Å². The number of hydrogen-bond acceptors (Lipinski definition) is 2. The molecule has 0 amide bonds. The molecule has 0 saturated carbocycles. The van der Waals surface area contributed by atoms with Crippen LogP contribution in [0.2, 0.25) is 0 Å². The number of nitrogen functional groups attached to an aromatic ring is 1. The predicted molar refractivity (Wildman–Crippen MR) is 55.2 cm³/mol. The summed E-state index contributed by atoms with van der Waals surface area (Å²) in [6.07, 6.45) is 0. The highest BCUT2D eigenvalue weighted by Gasteiger charge is 2.30. The number of thioether (sulfide) groups is 1. The molecule has 78 valence electrons. The monoisotopic (exact) mass is 285 g/mol. The Morgan fingerprint density at radius 1 is 1.36 bits per heavy atom. The SMILES string of the molecule is Cc1cc(Br)c(N)c(SC(F)(F)F)c1. The molecule has 1 aromatic rings. The fourth-order valence-electron chi connectivity index (χ4n) is 0.931. The normalized spacial score (nSPS) is 11.8. The lowest BCUT2D eigenvalue weighted by Gasteiger charge is -2.10. The first-order chi connectivity index (χ1) is 6.29. The molecular weight excluding hydrogens is 279 g/mol. The Bertz CT molecular complexity index is 351. The van der Waals surface area contributed by atoms with Crippen LogP contribution in [-0.4, -0.2) is 5.51 Å². The van der Waals surface area contributed by atoms with Crippen LogP contribution in [0.1, 0.15) is 5.56 Å². The van der Waals surface area contributed by atoms with Crippen LogP contribution in [-0.2, 0) is 0 Å². The van der Waals surface area contributed by atoms with Crippen LogP contribution in [0.15, 0.2) is 21.5 Å². The molecule has 14 heavy (non-hydrogen) atoms. The van der Waals surface area contributed by atoms with Crippen molar-refractivity contribution >= 4 is 33.4 Å². The number of halogens is 4. The number of benzene rings is 1. The van der Waals surface area contributed by atoms with Crippen LogP contribution in [0.4, 0.5) is 18.9 Å². The van der Waals surface area contributed by atoms with Gasteiger partial charge >= 0.3 is 5.51 Å². The minimum absolute atomic E-state index is 0.0318. The Kier molecular flexibility index (Phi) is 3.36. The molecule has 0 bridgehead atoms. The van der Waals surface area contributed by atoms with Crippen LogP contribution < -0.4 is 5.73 Å². The van der Waals surface area contributed by atoms with Gasteiger partial charge in [-0.15, -0.1) is 0 Å². The molecule has 2 N–H and O–H groups in total. The van der Waals surface area contributed by atoms with Gasteiger partial charge in [-0.25, -0.2) is 0 Å². The van der Waals surface area contributed by atoms with Crippen LogP contribution in [0, 0.1) is 6.92 Å². The van der Waals surface area contributed by atoms with E-state index in [1.54, 1.807) is 13.0 Å². The van der Waals surface area contributed by atoms with E-state index >= 15 is 0 Å². The third kappa shape index (κ3) is 3.09. The molecule has 0 saturated heterocycles. The van der Waals surface area contributed by atoms with Gasteiger partial charge in [0.2, 0.25) is 0 Å². The molecule has 0 spiro atoms. The maximum absolute atomic E-state index is 12.1. The molecule has 0 fully saturated rings. The predicted octanol–water partition coefficient (Wildman–Crippen LogP) is 3.95. The summed E-state index contributed by atoms with van der Waals surface area (Å²) in [6, 6.07) is 3.09. The lowest BCUT2D eigenvalue weighted by Crippen LogP contribution is -2.01. The van der Waals surface area contributed by atoms with Crippen LogP contribution in [0.3, 0.4) is 0 Å². The number of hydrogen-bond donors (Lipinski definition) is 1. The fraction of sp³-hybridized carbons (Fsp3) is 0.250. The Hall–Kier alpha value is -0.360. The molecular formula is C8H7BrF3NS. The van der Waals surface area contributed by atoms with Crippen LogP contribution in [0.25, 0.3) is 0 Å². The summed E-state index contributed by atoms with van der Waals surface area (Å²) in [5.41, 5.74) is 2.04. The maximum atomic E-state index is 12.1. The van der Waals surface area contributed by atoms with Gasteiger partial charge in [0, 0.05) is 9.37 Å². The van der Waals surface area contributed by atoms with E-state index in [1.165, 1.54) is 6.07 Å². The second-order valence-corrected chi connectivity index (χ2v) is 4.67. The quantitative estimate of drug-likeness (QED) is 0.625. The van der Waals surface area contributed by atoms with E-state index in [9.17, 15) is 13.2 Å². The van der Waals surface area contributed by atoms with Crippen molar-refractivity contribution in [2.75, 3.05) is 5.73 Å². The molecule has 0 aliphatic rings. The van der Waals surface area contributed by atoms with Gasteiger partial charge in [0.25, 0.3) is 0 Å². The van der Waals surface area contributed by atoms with E-state index in [-0.39, 0.29) is 22.3 Å². The van der Waals surface area contributed by atoms with Crippen molar-refractivity contribution in [3.63, 3.8) is 0 Å². The number of rotatable bonds is 1. The van der Waals surface area contributed by atoms with Gasteiger partial charge in [-0.2, -0.15) is 13.2 Å². The molecule has 0 aliphatic heterocycles. The van der Waals surface area contributed by atoms with Gasteiger partial charge in [0.05, 0.1) is 5.69 Å². The van der Waals surface area contributed by atoms with Gasteiger partial charge in [0.1, 0.15) is 0 Å². The summed E-state index contributed by atoms with van der Waals surface area (Å²) in [4.78, 5) is 0.0318. The first-order valence-corrected chi connectivity index (χ1v) is 5.22. The summed E-state index contributed by atoms with van der Waals surface area (Å²) >= 11 is 2.90. The number of anilines is 1. The fourth-order valence-corrected chi connectivity index (χ4v) is 2.35. The van der Waals surface area contributed by atoms with E-state index in [1.807, 2.05) is 0 Å². The van der Waals surface area contributed by atoms with Crippen molar-refractivity contribution in [3.8, 4) is 0 Å². The van der Waals surface area contributed by atoms with Gasteiger partial charge < -0.3 is 5.73 Å². The highest BCUT2D eigenvalue weighted by molar-refractivity contribution is 9.10. The van der Waals surface area contributed by atoms with Crippen molar-refractivity contribution in [2.24, 2.45) is 0 Å². The molecule has 1 nitrogen and oxygen atoms in total. The van der Waals surface area contributed by atoms with E-state index in [0.29, 0.717) is 4.47 Å². The molecule has 0 radical (unpaired) electrons. The second-order valence-electron chi connectivity index (χ2n) is 2.71. The smallest absolute Gasteiger partial charge is 0.397 e. The summed E-state index contributed by atoms with van der Waals surface area (Å²) in [5, 5.41) is 0. The number of nitrogens with two attached hydrogens (primary N) is 1. The Morgan fingerprint density at radius 2 is 1.93 bits per heavy atom. The van der Waals surface area contributed by atoms with Crippen molar-refractivity contribution in [2.45, 2.75) is 17.3 Å². The Balaban J connectivity index is 3.09. The average Bonchev–Trinajstić information content (AvgIpc) is 1.96. The van der Waals surface area contributed by atoms with Gasteiger partial charge in [-0.05, 0) is 52.3 Å². The molecule has 0 aromatic heterocycles. The lowest BCUT2D eigenvalue weighted by molar-refractivity contribution is -0.0327. The van der Waals surface area contributed by atoms with E-state index in [0.717, 1.165) is 5.56 Å². The third-order valence-corrected chi connectivity index (χ3v) is 2.91. The number of aryl methyl sites for hydroxylation is 1. The average molecular weight is 286 g/mol. The maximum Gasteiger partial charge on any atom is 0.446 e. The number of alkyl halides is 3. The van der Waals surface area contributed by atoms with E-state index in [4.69, 9.17) is 5.73 Å². The molecule has 0 atom stereocenters. The largest absolute Gasteiger partial charge is 0.446 e. The van der Waals surface area contributed by atoms with Gasteiger partial charge in [0.15, 0.2) is 0 Å². The first kappa shape index (κ1) is 11.7. The molecule has 0 heterocycles. The van der Waals surface area contributed by atoms with Crippen molar-refractivity contribution in [1.82, 2.24) is 0 Å². The van der Waals surface area contributed by atoms with Crippen molar-refractivity contribution in [1.29, 1.82) is 0 Å². The standard InChI is InChI=1S/C8H7BrF3NS/c1-4-2-5(9)7(13)6(3-4)14-8(10,11)12/h2-3H,13H2,1H3. The lowest BCUT2D eigenvalue weighted by atomic mass is 10.2. The van der Waals surface area contributed by atoms with Gasteiger partial charge in [-0.1, -0.05) is 0 Å². The minimum atomic E-state index is -4.30. The van der Waals surface area contributed by atoms with E-state index in [2.05, 4.69) is 15.9 Å². The summed E-state index contributed by atoms with van der Waals surface area (Å²) in [5.74, 6) is 0. The highest BCUT2D eigenvalue weighted by Crippen LogP contribution is 2.42. The van der Waals surface area contributed by atoms with Crippen LogP contribution in [0.5, 0.6) is 0 Å². The second kappa shape index (κ2) is 4.02. The molecule has 1 rings (SSSR count). The van der Waals surface area contributed by atoms with Crippen LogP contribution >= 0.6 is 27.7 Å². The molecule has 0 aliphatic carbocycles. The molecule has 6 heteroatoms. The minimum Gasteiger partial charge on any atom is -0.397 e. The Morgan fingerprint density at radius 3 is 2.43 bits per heavy atom. The third-order valence-electron chi connectivity index (χ3n) is 1.46. The van der Waals surface area contributed by atoms with Crippen molar-refractivity contribution in [3.05, 3.63) is 22.2 Å². The van der Waals surface area contributed by atoms with Crippen molar-refractivity contribution < 1.29 is 13.2 Å². The Labute approximate surface area is 92.0 Å². The van der Waals surface area contributed by atoms with Gasteiger partial charge in [-0.3, -0.25) is 0 Å². The van der Waals surface area contributed by atoms with E-state index < -0.39 is 5.51 Å². The molecule has 0 unspecified atom stereocenters. The zero-order valence-corrected chi connectivity index (χ0v) is 9.55.